The number of carbonyl (C=O) groups excluding carboxylic acids is 1. The van der Waals surface area contributed by atoms with E-state index in [9.17, 15) is 4.79 Å². The third-order valence-electron chi connectivity index (χ3n) is 4.93. The Morgan fingerprint density at radius 1 is 1.14 bits per heavy atom. The fraction of sp³-hybridized carbons (Fsp3) is 0.800. The first-order valence-electron chi connectivity index (χ1n) is 8.16. The molecule has 2 aliphatic rings. The van der Waals surface area contributed by atoms with Gasteiger partial charge >= 0.3 is 0 Å². The summed E-state index contributed by atoms with van der Waals surface area (Å²) in [5, 5.41) is 7.36. The first kappa shape index (κ1) is 14.5. The number of nitrogens with zero attached hydrogens (tertiary/aromatic N) is 3. The van der Waals surface area contributed by atoms with Gasteiger partial charge < -0.3 is 5.73 Å². The topological polar surface area (TPSA) is 87.9 Å². The van der Waals surface area contributed by atoms with Crippen LogP contribution in [-0.4, -0.2) is 39.1 Å². The van der Waals surface area contributed by atoms with Gasteiger partial charge in [0.15, 0.2) is 5.82 Å². The fourth-order valence-corrected chi connectivity index (χ4v) is 3.89. The molecule has 0 bridgehead atoms. The molecule has 0 unspecified atom stereocenters. The molecule has 6 heteroatoms. The number of hydrogen-bond acceptors (Lipinski definition) is 4. The lowest BCUT2D eigenvalue weighted by atomic mass is 9.78. The number of likely N-dealkylation sites (tertiary alicyclic amines) is 1. The van der Waals surface area contributed by atoms with Gasteiger partial charge in [-0.2, -0.15) is 5.10 Å². The van der Waals surface area contributed by atoms with Gasteiger partial charge in [-0.05, 0) is 38.8 Å². The highest BCUT2D eigenvalue weighted by Crippen LogP contribution is 2.42. The van der Waals surface area contributed by atoms with Crippen LogP contribution in [0.5, 0.6) is 0 Å². The third-order valence-corrected chi connectivity index (χ3v) is 4.93. The molecule has 3 N–H and O–H groups in total. The van der Waals surface area contributed by atoms with Crippen molar-refractivity contribution in [2.75, 3.05) is 13.1 Å². The SMILES string of the molecule is NC(=O)Cc1nc(C2(N3CCCCC3)CCCCC2)n[nH]1. The average molecular weight is 291 g/mol. The maximum Gasteiger partial charge on any atom is 0.225 e. The normalized spacial score (nSPS) is 23.0. The van der Waals surface area contributed by atoms with Crippen molar-refractivity contribution in [2.45, 2.75) is 63.3 Å². The minimum atomic E-state index is -0.367. The number of hydrogen-bond donors (Lipinski definition) is 2. The first-order valence-corrected chi connectivity index (χ1v) is 8.16. The minimum Gasteiger partial charge on any atom is -0.369 e. The van der Waals surface area contributed by atoms with E-state index in [4.69, 9.17) is 5.73 Å². The Labute approximate surface area is 125 Å². The van der Waals surface area contributed by atoms with E-state index in [1.165, 1.54) is 38.5 Å². The van der Waals surface area contributed by atoms with Crippen LogP contribution in [0.3, 0.4) is 0 Å². The highest BCUT2D eigenvalue weighted by atomic mass is 16.1. The predicted molar refractivity (Wildman–Crippen MR) is 79.5 cm³/mol. The monoisotopic (exact) mass is 291 g/mol. The van der Waals surface area contributed by atoms with Crippen molar-refractivity contribution in [3.63, 3.8) is 0 Å². The van der Waals surface area contributed by atoms with Crippen molar-refractivity contribution in [1.82, 2.24) is 20.1 Å². The molecule has 1 amide bonds. The molecule has 21 heavy (non-hydrogen) atoms. The van der Waals surface area contributed by atoms with Gasteiger partial charge in [-0.3, -0.25) is 14.8 Å². The second kappa shape index (κ2) is 6.13. The first-order chi connectivity index (χ1) is 10.2. The van der Waals surface area contributed by atoms with Crippen molar-refractivity contribution in [1.29, 1.82) is 0 Å². The number of carbonyl (C=O) groups is 1. The zero-order valence-corrected chi connectivity index (χ0v) is 12.6. The second-order valence-electron chi connectivity index (χ2n) is 6.39. The highest BCUT2D eigenvalue weighted by molar-refractivity contribution is 5.75. The van der Waals surface area contributed by atoms with Gasteiger partial charge in [0.2, 0.25) is 5.91 Å². The Balaban J connectivity index is 1.87. The van der Waals surface area contributed by atoms with Crippen LogP contribution in [0.4, 0.5) is 0 Å². The second-order valence-corrected chi connectivity index (χ2v) is 6.39. The van der Waals surface area contributed by atoms with Crippen LogP contribution in [0.2, 0.25) is 0 Å². The molecule has 0 radical (unpaired) electrons. The van der Waals surface area contributed by atoms with Crippen LogP contribution in [0.1, 0.15) is 63.0 Å². The molecule has 2 fully saturated rings. The molecule has 0 spiro atoms. The van der Waals surface area contributed by atoms with Crippen molar-refractivity contribution in [3.05, 3.63) is 11.6 Å². The summed E-state index contributed by atoms with van der Waals surface area (Å²) in [5.74, 6) is 1.10. The summed E-state index contributed by atoms with van der Waals surface area (Å²) in [5.41, 5.74) is 5.23. The van der Waals surface area contributed by atoms with Gasteiger partial charge in [0.1, 0.15) is 5.82 Å². The molecule has 1 aliphatic heterocycles. The van der Waals surface area contributed by atoms with Crippen molar-refractivity contribution < 1.29 is 4.79 Å². The van der Waals surface area contributed by atoms with Crippen LogP contribution in [0.15, 0.2) is 0 Å². The lowest BCUT2D eigenvalue weighted by Crippen LogP contribution is -2.50. The van der Waals surface area contributed by atoms with Gasteiger partial charge in [0, 0.05) is 0 Å². The number of amides is 1. The van der Waals surface area contributed by atoms with Gasteiger partial charge in [0.25, 0.3) is 0 Å². The van der Waals surface area contributed by atoms with Gasteiger partial charge in [-0.1, -0.05) is 25.7 Å². The van der Waals surface area contributed by atoms with Crippen LogP contribution in [0.25, 0.3) is 0 Å². The Kier molecular flexibility index (Phi) is 4.24. The Bertz CT molecular complexity index is 486. The Hall–Kier alpha value is -1.43. The number of rotatable bonds is 4. The van der Waals surface area contributed by atoms with E-state index in [0.29, 0.717) is 5.82 Å². The summed E-state index contributed by atoms with van der Waals surface area (Å²) in [6.07, 6.45) is 10.0. The molecule has 1 saturated heterocycles. The van der Waals surface area contributed by atoms with Gasteiger partial charge in [0.05, 0.1) is 12.0 Å². The molecule has 0 aromatic carbocycles. The van der Waals surface area contributed by atoms with Crippen molar-refractivity contribution in [3.8, 4) is 0 Å². The summed E-state index contributed by atoms with van der Waals surface area (Å²) in [7, 11) is 0. The molecule has 1 aromatic heterocycles. The summed E-state index contributed by atoms with van der Waals surface area (Å²) in [6, 6.07) is 0. The maximum absolute atomic E-state index is 11.1. The van der Waals surface area contributed by atoms with Gasteiger partial charge in [-0.15, -0.1) is 0 Å². The highest BCUT2D eigenvalue weighted by Gasteiger charge is 2.43. The lowest BCUT2D eigenvalue weighted by molar-refractivity contribution is -0.117. The van der Waals surface area contributed by atoms with E-state index < -0.39 is 0 Å². The van der Waals surface area contributed by atoms with E-state index >= 15 is 0 Å². The van der Waals surface area contributed by atoms with Crippen LogP contribution < -0.4 is 5.73 Å². The Morgan fingerprint density at radius 3 is 2.48 bits per heavy atom. The van der Waals surface area contributed by atoms with E-state index in [0.717, 1.165) is 31.8 Å². The van der Waals surface area contributed by atoms with E-state index in [2.05, 4.69) is 20.1 Å². The molecular weight excluding hydrogens is 266 g/mol. The van der Waals surface area contributed by atoms with Crippen LogP contribution in [-0.2, 0) is 16.8 Å². The third kappa shape index (κ3) is 2.95. The smallest absolute Gasteiger partial charge is 0.225 e. The number of nitrogens with one attached hydrogen (secondary N) is 1. The zero-order valence-electron chi connectivity index (χ0n) is 12.6. The van der Waals surface area contributed by atoms with E-state index in [-0.39, 0.29) is 17.9 Å². The summed E-state index contributed by atoms with van der Waals surface area (Å²) < 4.78 is 0. The molecule has 1 aliphatic carbocycles. The standard InChI is InChI=1S/C15H25N5O/c16-12(21)11-13-17-14(19-18-13)15(7-3-1-4-8-15)20-9-5-2-6-10-20/h1-11H2,(H2,16,21)(H,17,18,19). The van der Waals surface area contributed by atoms with Gasteiger partial charge in [-0.25, -0.2) is 4.98 Å². The number of nitrogens with two attached hydrogens (primary N) is 1. The summed E-state index contributed by atoms with van der Waals surface area (Å²) in [4.78, 5) is 18.3. The Morgan fingerprint density at radius 2 is 1.81 bits per heavy atom. The number of piperidine rings is 1. The number of primary amides is 1. The summed E-state index contributed by atoms with van der Waals surface area (Å²) >= 11 is 0. The minimum absolute atomic E-state index is 0.0228. The molecule has 0 atom stereocenters. The zero-order chi connectivity index (χ0) is 14.7. The number of aromatic nitrogens is 3. The van der Waals surface area contributed by atoms with Crippen LogP contribution in [0, 0.1) is 0 Å². The van der Waals surface area contributed by atoms with Crippen LogP contribution >= 0.6 is 0 Å². The maximum atomic E-state index is 11.1. The van der Waals surface area contributed by atoms with E-state index in [1.54, 1.807) is 0 Å². The lowest BCUT2D eigenvalue weighted by Gasteiger charge is -2.46. The largest absolute Gasteiger partial charge is 0.369 e. The van der Waals surface area contributed by atoms with Crippen molar-refractivity contribution in [2.24, 2.45) is 5.73 Å². The quantitative estimate of drug-likeness (QED) is 0.879. The molecular formula is C15H25N5O. The number of H-pyrrole nitrogens is 1. The molecule has 116 valence electrons. The molecule has 1 aromatic rings. The fourth-order valence-electron chi connectivity index (χ4n) is 3.89. The average Bonchev–Trinajstić information content (AvgIpc) is 2.97. The molecule has 6 nitrogen and oxygen atoms in total. The number of aromatic amines is 1. The molecule has 1 saturated carbocycles. The molecule has 3 rings (SSSR count). The van der Waals surface area contributed by atoms with Crippen molar-refractivity contribution >= 4 is 5.91 Å². The van der Waals surface area contributed by atoms with E-state index in [1.807, 2.05) is 0 Å². The predicted octanol–water partition coefficient (Wildman–Crippen LogP) is 1.48. The molecule has 2 heterocycles. The summed E-state index contributed by atoms with van der Waals surface area (Å²) in [6.45, 7) is 2.28.